The van der Waals surface area contributed by atoms with Gasteiger partial charge in [0, 0.05) is 36.5 Å². The van der Waals surface area contributed by atoms with Crippen LogP contribution in [0.4, 0.5) is 14.3 Å². The van der Waals surface area contributed by atoms with E-state index in [1.54, 1.807) is 17.0 Å². The quantitative estimate of drug-likeness (QED) is 0.318. The summed E-state index contributed by atoms with van der Waals surface area (Å²) in [5.41, 5.74) is 2.18. The molecule has 2 atom stereocenters. The summed E-state index contributed by atoms with van der Waals surface area (Å²) in [5.74, 6) is -0.194. The number of hydrogen-bond acceptors (Lipinski definition) is 6. The molecule has 2 aliphatic heterocycles. The summed E-state index contributed by atoms with van der Waals surface area (Å²) >= 11 is 1.41. The van der Waals surface area contributed by atoms with Crippen LogP contribution in [0.25, 0.3) is 10.2 Å². The molecule has 3 aromatic carbocycles. The second-order valence-electron chi connectivity index (χ2n) is 10.5. The number of halogens is 1. The zero-order valence-electron chi connectivity index (χ0n) is 22.8. The van der Waals surface area contributed by atoms with E-state index in [1.165, 1.54) is 48.3 Å². The highest BCUT2D eigenvalue weighted by Crippen LogP contribution is 2.31. The van der Waals surface area contributed by atoms with Crippen LogP contribution < -0.4 is 25.4 Å². The fourth-order valence-electron chi connectivity index (χ4n) is 5.85. The molecular weight excluding hydrogens is 543 g/mol. The Bertz CT molecular complexity index is 1460. The van der Waals surface area contributed by atoms with Gasteiger partial charge in [0.1, 0.15) is 23.9 Å². The molecule has 2 unspecified atom stereocenters. The minimum Gasteiger partial charge on any atom is -0.550 e. The Morgan fingerprint density at radius 3 is 2.37 bits per heavy atom. The van der Waals surface area contributed by atoms with Crippen LogP contribution in [0.15, 0.2) is 72.8 Å². The molecule has 0 saturated carbocycles. The largest absolute Gasteiger partial charge is 0.550 e. The van der Waals surface area contributed by atoms with E-state index in [0.29, 0.717) is 28.7 Å². The Morgan fingerprint density at radius 1 is 1.02 bits per heavy atom. The number of carboxylic acids is 1. The van der Waals surface area contributed by atoms with Crippen molar-refractivity contribution >= 4 is 38.7 Å². The lowest BCUT2D eigenvalue weighted by atomic mass is 9.81. The van der Waals surface area contributed by atoms with Crippen molar-refractivity contribution in [3.63, 3.8) is 0 Å². The molecule has 8 nitrogen and oxygen atoms in total. The normalized spacial score (nSPS) is 21.3. The number of anilines is 1. The van der Waals surface area contributed by atoms with Crippen LogP contribution >= 0.6 is 11.3 Å². The number of ether oxygens (including phenoxy) is 1. The average Bonchev–Trinajstić information content (AvgIpc) is 3.32. The topological polar surface area (TPSA) is 108 Å². The number of aromatic nitrogens is 1. The Morgan fingerprint density at radius 2 is 1.68 bits per heavy atom. The number of aliphatic carboxylic acids is 1. The third kappa shape index (κ3) is 7.80. The van der Waals surface area contributed by atoms with E-state index in [0.717, 1.165) is 36.5 Å². The number of nitrogens with one attached hydrogen (secondary N) is 3. The minimum absolute atomic E-state index is 0.180. The fourth-order valence-corrected chi connectivity index (χ4v) is 6.74. The van der Waals surface area contributed by atoms with E-state index >= 15 is 0 Å². The number of thiazole rings is 1. The Balaban J connectivity index is 0.000000794. The monoisotopic (exact) mass is 576 g/mol. The van der Waals surface area contributed by atoms with Crippen molar-refractivity contribution in [3.8, 4) is 11.5 Å². The second-order valence-corrected chi connectivity index (χ2v) is 11.6. The van der Waals surface area contributed by atoms with Crippen molar-refractivity contribution in [1.82, 2.24) is 10.3 Å². The van der Waals surface area contributed by atoms with E-state index in [1.807, 2.05) is 18.2 Å². The number of urea groups is 1. The molecule has 4 aromatic rings. The molecular formula is C31H33FN4O4S. The molecule has 6 rings (SSSR count). The Kier molecular flexibility index (Phi) is 9.11. The summed E-state index contributed by atoms with van der Waals surface area (Å²) in [6.45, 7) is 2.04. The molecule has 0 spiro atoms. The number of carbonyl (C=O) groups is 2. The second kappa shape index (κ2) is 13.1. The number of benzene rings is 3. The number of piperidine rings is 2. The smallest absolute Gasteiger partial charge is 0.321 e. The molecule has 41 heavy (non-hydrogen) atoms. The Hall–Kier alpha value is -4.02. The Labute approximate surface area is 242 Å². The lowest BCUT2D eigenvalue weighted by Crippen LogP contribution is -3.20. The van der Waals surface area contributed by atoms with E-state index in [4.69, 9.17) is 14.6 Å². The summed E-state index contributed by atoms with van der Waals surface area (Å²) < 4.78 is 19.9. The van der Waals surface area contributed by atoms with Crippen LogP contribution in [0.3, 0.4) is 0 Å². The molecule has 0 aliphatic carbocycles. The van der Waals surface area contributed by atoms with Crippen LogP contribution in [0.5, 0.6) is 11.5 Å². The highest BCUT2D eigenvalue weighted by Gasteiger charge is 2.42. The summed E-state index contributed by atoms with van der Waals surface area (Å²) in [4.78, 5) is 28.0. The number of carbonyl (C=O) groups excluding carboxylic acids is 2. The molecule has 10 heteroatoms. The van der Waals surface area contributed by atoms with Crippen LogP contribution in [0.1, 0.15) is 44.6 Å². The first kappa shape index (κ1) is 28.5. The van der Waals surface area contributed by atoms with Crippen molar-refractivity contribution in [2.24, 2.45) is 0 Å². The number of fused-ring (bicyclic) bond motifs is 3. The maximum atomic E-state index is 13.1. The highest BCUT2D eigenvalue weighted by molar-refractivity contribution is 7.22. The van der Waals surface area contributed by atoms with Gasteiger partial charge >= 0.3 is 6.03 Å². The maximum Gasteiger partial charge on any atom is 0.321 e. The van der Waals surface area contributed by atoms with Crippen LogP contribution in [0.2, 0.25) is 0 Å². The molecule has 2 aliphatic rings. The fraction of sp³-hybridized carbons (Fsp3) is 0.323. The molecule has 1 aromatic heterocycles. The number of rotatable bonds is 6. The number of nitrogens with zero attached hydrogens (tertiary/aromatic N) is 1. The molecule has 2 saturated heterocycles. The van der Waals surface area contributed by atoms with Gasteiger partial charge in [-0.05, 0) is 62.6 Å². The predicted molar refractivity (Wildman–Crippen MR) is 154 cm³/mol. The van der Waals surface area contributed by atoms with Gasteiger partial charge in [0.2, 0.25) is 0 Å². The van der Waals surface area contributed by atoms with Gasteiger partial charge in [-0.15, -0.1) is 0 Å². The summed E-state index contributed by atoms with van der Waals surface area (Å²) in [6.07, 6.45) is 5.74. The number of quaternary nitrogens is 1. The highest BCUT2D eigenvalue weighted by atomic mass is 32.1. The van der Waals surface area contributed by atoms with Crippen molar-refractivity contribution < 1.29 is 28.7 Å². The van der Waals surface area contributed by atoms with E-state index in [9.17, 15) is 9.18 Å². The zero-order valence-corrected chi connectivity index (χ0v) is 23.6. The van der Waals surface area contributed by atoms with Gasteiger partial charge in [0.15, 0.2) is 5.13 Å². The van der Waals surface area contributed by atoms with Crippen LogP contribution in [-0.2, 0) is 11.3 Å². The maximum absolute atomic E-state index is 13.1. The molecule has 3 N–H and O–H groups in total. The predicted octanol–water partition coefficient (Wildman–Crippen LogP) is 4.27. The van der Waals surface area contributed by atoms with Crippen molar-refractivity contribution in [1.29, 1.82) is 0 Å². The van der Waals surface area contributed by atoms with Crippen molar-refractivity contribution in [3.05, 3.63) is 84.2 Å². The third-order valence-electron chi connectivity index (χ3n) is 7.51. The SMILES string of the molecule is CC(=O)[O-].O=C(Nc1nc2ccc(Oc3ccc(F)cc3)cc2s1)NC1CC2CCCC(C1)[NH+]2Cc1ccccc1. The van der Waals surface area contributed by atoms with E-state index < -0.39 is 5.97 Å². The molecule has 0 radical (unpaired) electrons. The molecule has 2 fully saturated rings. The molecule has 3 heterocycles. The van der Waals surface area contributed by atoms with Gasteiger partial charge in [-0.2, -0.15) is 0 Å². The first-order valence-corrected chi connectivity index (χ1v) is 14.6. The number of amides is 2. The van der Waals surface area contributed by atoms with E-state index in [-0.39, 0.29) is 17.9 Å². The summed E-state index contributed by atoms with van der Waals surface area (Å²) in [7, 11) is 0. The summed E-state index contributed by atoms with van der Waals surface area (Å²) in [5, 5.41) is 15.6. The standard InChI is InChI=1S/C29H29FN4O2S.C2H4O2/c30-20-9-11-24(12-10-20)36-25-13-14-26-27(17-25)37-29(32-26)33-28(35)31-21-15-22-7-4-8-23(16-21)34(22)18-19-5-2-1-3-6-19;1-2(3)4/h1-3,5-6,9-14,17,21-23H,4,7-8,15-16,18H2,(H2,31,32,33,35);1H3,(H,3,4). The van der Waals surface area contributed by atoms with E-state index in [2.05, 4.69) is 45.9 Å². The number of carboxylic acid groups (broad SMARTS) is 1. The third-order valence-corrected chi connectivity index (χ3v) is 8.44. The van der Waals surface area contributed by atoms with Crippen molar-refractivity contribution in [2.75, 3.05) is 5.32 Å². The first-order valence-electron chi connectivity index (χ1n) is 13.8. The lowest BCUT2D eigenvalue weighted by molar-refractivity contribution is -0.973. The zero-order chi connectivity index (χ0) is 28.8. The molecule has 2 amide bonds. The molecule has 214 valence electrons. The number of hydrogen-bond donors (Lipinski definition) is 3. The van der Waals surface area contributed by atoms with Gasteiger partial charge < -0.3 is 24.9 Å². The van der Waals surface area contributed by atoms with Crippen molar-refractivity contribution in [2.45, 2.75) is 63.7 Å². The van der Waals surface area contributed by atoms with Crippen LogP contribution in [0, 0.1) is 5.82 Å². The van der Waals surface area contributed by atoms with Gasteiger partial charge in [0.25, 0.3) is 0 Å². The minimum atomic E-state index is -1.08. The van der Waals surface area contributed by atoms with Gasteiger partial charge in [-0.1, -0.05) is 41.7 Å². The van der Waals surface area contributed by atoms with Gasteiger partial charge in [-0.25, -0.2) is 14.2 Å². The average molecular weight is 577 g/mol. The molecule has 2 bridgehead atoms. The summed E-state index contributed by atoms with van der Waals surface area (Å²) in [6, 6.07) is 23.4. The van der Waals surface area contributed by atoms with Gasteiger partial charge in [0.05, 0.1) is 22.3 Å². The first-order chi connectivity index (χ1) is 19.8. The lowest BCUT2D eigenvalue weighted by Gasteiger charge is -2.46. The van der Waals surface area contributed by atoms with Gasteiger partial charge in [-0.3, -0.25) is 5.32 Å². The van der Waals surface area contributed by atoms with Crippen LogP contribution in [-0.4, -0.2) is 35.1 Å².